The first kappa shape index (κ1) is 15.4. The van der Waals surface area contributed by atoms with Crippen LogP contribution in [0.4, 0.5) is 0 Å². The van der Waals surface area contributed by atoms with Crippen molar-refractivity contribution in [1.29, 1.82) is 0 Å². The highest BCUT2D eigenvalue weighted by Gasteiger charge is 2.46. The zero-order valence-corrected chi connectivity index (χ0v) is 11.9. The van der Waals surface area contributed by atoms with Crippen molar-refractivity contribution in [3.63, 3.8) is 0 Å². The number of hydrogen-bond donors (Lipinski definition) is 1. The van der Waals surface area contributed by atoms with E-state index >= 15 is 0 Å². The predicted molar refractivity (Wildman–Crippen MR) is 71.2 cm³/mol. The van der Waals surface area contributed by atoms with Crippen molar-refractivity contribution in [3.05, 3.63) is 0 Å². The third-order valence-corrected chi connectivity index (χ3v) is 3.97. The van der Waals surface area contributed by atoms with Gasteiger partial charge in [-0.15, -0.1) is 0 Å². The van der Waals surface area contributed by atoms with Gasteiger partial charge in [0.2, 0.25) is 0 Å². The van der Waals surface area contributed by atoms with Crippen molar-refractivity contribution in [2.75, 3.05) is 13.2 Å². The van der Waals surface area contributed by atoms with Gasteiger partial charge in [-0.2, -0.15) is 0 Å². The average molecular weight is 257 g/mol. The second kappa shape index (κ2) is 7.10. The lowest BCUT2D eigenvalue weighted by Gasteiger charge is -2.29. The molecule has 18 heavy (non-hydrogen) atoms. The van der Waals surface area contributed by atoms with E-state index in [-0.39, 0.29) is 18.0 Å². The minimum atomic E-state index is -0.783. The van der Waals surface area contributed by atoms with Gasteiger partial charge in [0.05, 0.1) is 12.7 Å². The zero-order chi connectivity index (χ0) is 13.6. The number of hydrogen-bond acceptors (Lipinski definition) is 4. The molecule has 3 unspecified atom stereocenters. The Morgan fingerprint density at radius 2 is 2.22 bits per heavy atom. The summed E-state index contributed by atoms with van der Waals surface area (Å²) in [5.74, 6) is -0.0448. The maximum Gasteiger partial charge on any atom is 0.326 e. The molecule has 106 valence electrons. The van der Waals surface area contributed by atoms with E-state index in [4.69, 9.17) is 15.2 Å². The molecule has 1 fully saturated rings. The third kappa shape index (κ3) is 3.69. The van der Waals surface area contributed by atoms with Crippen molar-refractivity contribution >= 4 is 5.97 Å². The number of carbonyl (C=O) groups excluding carboxylic acids is 1. The van der Waals surface area contributed by atoms with E-state index in [0.29, 0.717) is 13.2 Å². The van der Waals surface area contributed by atoms with E-state index < -0.39 is 5.54 Å². The summed E-state index contributed by atoms with van der Waals surface area (Å²) in [5.41, 5.74) is 5.47. The van der Waals surface area contributed by atoms with Crippen molar-refractivity contribution in [3.8, 4) is 0 Å². The highest BCUT2D eigenvalue weighted by atomic mass is 16.5. The van der Waals surface area contributed by atoms with Crippen LogP contribution in [0.3, 0.4) is 0 Å². The lowest BCUT2D eigenvalue weighted by molar-refractivity contribution is -0.151. The Labute approximate surface area is 110 Å². The predicted octanol–water partition coefficient (Wildman–Crippen LogP) is 2.25. The Kier molecular flexibility index (Phi) is 6.09. The summed E-state index contributed by atoms with van der Waals surface area (Å²) in [6.45, 7) is 7.06. The molecule has 3 atom stereocenters. The van der Waals surface area contributed by atoms with E-state index in [9.17, 15) is 4.79 Å². The standard InChI is InChI=1S/C14H27NO3/c1-4-11(3)18-10-8-12-7-6-9-14(12,15)13(16)17-5-2/h11-12H,4-10,15H2,1-3H3. The fraction of sp³-hybridized carbons (Fsp3) is 0.929. The highest BCUT2D eigenvalue weighted by molar-refractivity contribution is 5.81. The van der Waals surface area contributed by atoms with Crippen LogP contribution in [0.25, 0.3) is 0 Å². The van der Waals surface area contributed by atoms with Gasteiger partial charge in [-0.25, -0.2) is 0 Å². The van der Waals surface area contributed by atoms with Gasteiger partial charge in [-0.05, 0) is 45.4 Å². The van der Waals surface area contributed by atoms with Gasteiger partial charge >= 0.3 is 5.97 Å². The number of esters is 1. The fourth-order valence-corrected chi connectivity index (χ4v) is 2.57. The smallest absolute Gasteiger partial charge is 0.326 e. The van der Waals surface area contributed by atoms with Crippen LogP contribution in [0.15, 0.2) is 0 Å². The van der Waals surface area contributed by atoms with Gasteiger partial charge in [0.25, 0.3) is 0 Å². The SMILES string of the molecule is CCOC(=O)C1(N)CCCC1CCOC(C)CC. The summed E-state index contributed by atoms with van der Waals surface area (Å²) in [6, 6.07) is 0. The lowest BCUT2D eigenvalue weighted by atomic mass is 9.86. The maximum absolute atomic E-state index is 11.9. The summed E-state index contributed by atoms with van der Waals surface area (Å²) in [4.78, 5) is 11.9. The van der Waals surface area contributed by atoms with Gasteiger partial charge in [0.15, 0.2) is 0 Å². The number of ether oxygens (including phenoxy) is 2. The Morgan fingerprint density at radius 1 is 1.50 bits per heavy atom. The molecule has 0 radical (unpaired) electrons. The minimum absolute atomic E-state index is 0.195. The average Bonchev–Trinajstić information content (AvgIpc) is 2.72. The summed E-state index contributed by atoms with van der Waals surface area (Å²) < 4.78 is 10.8. The van der Waals surface area contributed by atoms with Crippen molar-refractivity contribution in [1.82, 2.24) is 0 Å². The molecule has 0 aromatic heterocycles. The Balaban J connectivity index is 2.46. The summed E-state index contributed by atoms with van der Waals surface area (Å²) in [6.07, 6.45) is 4.87. The van der Waals surface area contributed by atoms with E-state index in [2.05, 4.69) is 13.8 Å². The van der Waals surface area contributed by atoms with Crippen molar-refractivity contribution in [2.45, 2.75) is 64.5 Å². The topological polar surface area (TPSA) is 61.5 Å². The fourth-order valence-electron chi connectivity index (χ4n) is 2.57. The van der Waals surface area contributed by atoms with Crippen LogP contribution < -0.4 is 5.73 Å². The lowest BCUT2D eigenvalue weighted by Crippen LogP contribution is -2.52. The molecular formula is C14H27NO3. The van der Waals surface area contributed by atoms with E-state index in [1.165, 1.54) is 0 Å². The normalized spacial score (nSPS) is 29.2. The van der Waals surface area contributed by atoms with Gasteiger partial charge in [0, 0.05) is 6.61 Å². The van der Waals surface area contributed by atoms with Crippen molar-refractivity contribution in [2.24, 2.45) is 11.7 Å². The summed E-state index contributed by atoms with van der Waals surface area (Å²) in [5, 5.41) is 0. The summed E-state index contributed by atoms with van der Waals surface area (Å²) >= 11 is 0. The molecule has 4 heteroatoms. The molecule has 1 aliphatic rings. The molecule has 0 aromatic rings. The van der Waals surface area contributed by atoms with Crippen LogP contribution in [-0.2, 0) is 14.3 Å². The molecule has 1 saturated carbocycles. The Morgan fingerprint density at radius 3 is 2.83 bits per heavy atom. The van der Waals surface area contributed by atoms with Crippen molar-refractivity contribution < 1.29 is 14.3 Å². The monoisotopic (exact) mass is 257 g/mol. The molecule has 0 spiro atoms. The number of nitrogens with two attached hydrogens (primary N) is 1. The Hall–Kier alpha value is -0.610. The molecule has 0 bridgehead atoms. The zero-order valence-electron chi connectivity index (χ0n) is 11.9. The minimum Gasteiger partial charge on any atom is -0.465 e. The molecule has 0 amide bonds. The third-order valence-electron chi connectivity index (χ3n) is 3.97. The van der Waals surface area contributed by atoms with E-state index in [0.717, 1.165) is 32.1 Å². The molecule has 2 N–H and O–H groups in total. The molecule has 1 rings (SSSR count). The molecule has 0 saturated heterocycles. The van der Waals surface area contributed by atoms with Gasteiger partial charge in [0.1, 0.15) is 5.54 Å². The number of carbonyl (C=O) groups is 1. The molecular weight excluding hydrogens is 230 g/mol. The van der Waals surface area contributed by atoms with Gasteiger partial charge < -0.3 is 15.2 Å². The molecule has 0 aromatic carbocycles. The first-order chi connectivity index (χ1) is 8.54. The van der Waals surface area contributed by atoms with E-state index in [1.54, 1.807) is 0 Å². The van der Waals surface area contributed by atoms with Gasteiger partial charge in [-0.1, -0.05) is 13.3 Å². The molecule has 0 heterocycles. The maximum atomic E-state index is 11.9. The second-order valence-electron chi connectivity index (χ2n) is 5.23. The van der Waals surface area contributed by atoms with Crippen LogP contribution >= 0.6 is 0 Å². The Bertz CT molecular complexity index is 270. The quantitative estimate of drug-likeness (QED) is 0.711. The van der Waals surface area contributed by atoms with Crippen LogP contribution in [0.2, 0.25) is 0 Å². The summed E-state index contributed by atoms with van der Waals surface area (Å²) in [7, 11) is 0. The van der Waals surface area contributed by atoms with Crippen LogP contribution in [0.1, 0.15) is 52.9 Å². The van der Waals surface area contributed by atoms with Crippen LogP contribution in [0.5, 0.6) is 0 Å². The first-order valence-corrected chi connectivity index (χ1v) is 7.12. The number of rotatable bonds is 7. The first-order valence-electron chi connectivity index (χ1n) is 7.12. The molecule has 0 aliphatic heterocycles. The van der Waals surface area contributed by atoms with Crippen LogP contribution in [0, 0.1) is 5.92 Å². The van der Waals surface area contributed by atoms with Gasteiger partial charge in [-0.3, -0.25) is 4.79 Å². The van der Waals surface area contributed by atoms with E-state index in [1.807, 2.05) is 6.92 Å². The molecule has 4 nitrogen and oxygen atoms in total. The highest BCUT2D eigenvalue weighted by Crippen LogP contribution is 2.37. The molecule has 1 aliphatic carbocycles. The largest absolute Gasteiger partial charge is 0.465 e. The second-order valence-corrected chi connectivity index (χ2v) is 5.23. The van der Waals surface area contributed by atoms with Crippen LogP contribution in [-0.4, -0.2) is 30.8 Å².